The van der Waals surface area contributed by atoms with Gasteiger partial charge in [-0.1, -0.05) is 0 Å². The molecule has 0 saturated carbocycles. The quantitative estimate of drug-likeness (QED) is 0.361. The molecule has 0 rings (SSSR count). The van der Waals surface area contributed by atoms with Crippen molar-refractivity contribution in [3.63, 3.8) is 0 Å². The molecule has 0 bridgehead atoms. The molecule has 16 heavy (non-hydrogen) atoms. The van der Waals surface area contributed by atoms with E-state index in [9.17, 15) is 39.5 Å². The normalized spacial score (nSPS) is 12.8. The third-order valence-corrected chi connectivity index (χ3v) is 1.60. The van der Waals surface area contributed by atoms with Crippen molar-refractivity contribution in [1.29, 1.82) is 0 Å². The van der Waals surface area contributed by atoms with Gasteiger partial charge < -0.3 is 5.11 Å². The molecule has 0 spiro atoms. The Hall–Kier alpha value is -2.40. The maximum atomic E-state index is 12.6. The van der Waals surface area contributed by atoms with Gasteiger partial charge in [-0.05, 0) is 0 Å². The van der Waals surface area contributed by atoms with Gasteiger partial charge in [0.05, 0.1) is 0 Å². The summed E-state index contributed by atoms with van der Waals surface area (Å²) in [6.45, 7) is 0. The first-order chi connectivity index (χ1) is 7.16. The molecule has 12 heteroatoms. The van der Waals surface area contributed by atoms with E-state index in [-0.39, 0.29) is 0 Å². The van der Waals surface area contributed by atoms with Crippen LogP contribution in [0.1, 0.15) is 6.42 Å². The molecule has 0 amide bonds. The van der Waals surface area contributed by atoms with E-state index < -0.39 is 39.1 Å². The monoisotopic (exact) mass is 241 g/mol. The second-order valence-electron chi connectivity index (χ2n) is 2.56. The molecule has 0 aromatic heterocycles. The molecule has 0 heterocycles. The topological polar surface area (TPSA) is 167 Å². The molecule has 1 N–H and O–H groups in total. The first-order valence-corrected chi connectivity index (χ1v) is 3.46. The number of nitrogens with zero attached hydrogens (tertiary/aromatic N) is 3. The van der Waals surface area contributed by atoms with Gasteiger partial charge in [-0.15, -0.1) is 0 Å². The van der Waals surface area contributed by atoms with E-state index in [2.05, 4.69) is 0 Å². The van der Waals surface area contributed by atoms with Gasteiger partial charge in [0.25, 0.3) is 0 Å². The van der Waals surface area contributed by atoms with E-state index in [1.54, 1.807) is 0 Å². The summed E-state index contributed by atoms with van der Waals surface area (Å²) in [6.07, 6.45) is -5.07. The predicted molar refractivity (Wildman–Crippen MR) is 40.9 cm³/mol. The summed E-state index contributed by atoms with van der Waals surface area (Å²) in [6, 6.07) is 0. The van der Waals surface area contributed by atoms with Gasteiger partial charge in [0.15, 0.2) is 14.8 Å². The van der Waals surface area contributed by atoms with Crippen molar-refractivity contribution in [3.05, 3.63) is 30.3 Å². The van der Waals surface area contributed by atoms with Crippen LogP contribution in [-0.2, 0) is 4.79 Å². The average Bonchev–Trinajstić information content (AvgIpc) is 2.11. The molecule has 11 nitrogen and oxygen atoms in total. The largest absolute Gasteiger partial charge is 0.703 e. The lowest BCUT2D eigenvalue weighted by Gasteiger charge is -2.09. The van der Waals surface area contributed by atoms with Crippen LogP contribution in [0.4, 0.5) is 4.39 Å². The number of aliphatic carboxylic acids is 1. The minimum atomic E-state index is -4.09. The van der Waals surface area contributed by atoms with E-state index in [1.807, 2.05) is 0 Å². The second kappa shape index (κ2) is 4.41. The summed E-state index contributed by atoms with van der Waals surface area (Å²) < 4.78 is 12.6. The average molecular weight is 241 g/mol. The molecule has 0 aromatic rings. The molecule has 0 saturated heterocycles. The maximum absolute atomic E-state index is 12.6. The minimum absolute atomic E-state index is 1.94. The van der Waals surface area contributed by atoms with E-state index in [1.165, 1.54) is 0 Å². The van der Waals surface area contributed by atoms with Crippen LogP contribution >= 0.6 is 0 Å². The number of carbonyl (C=O) groups is 1. The number of hydrogen-bond acceptors (Lipinski definition) is 7. The van der Waals surface area contributed by atoms with E-state index in [0.717, 1.165) is 0 Å². The third kappa shape index (κ3) is 2.15. The van der Waals surface area contributed by atoms with Crippen LogP contribution in [0.25, 0.3) is 0 Å². The Morgan fingerprint density at radius 3 is 1.69 bits per heavy atom. The van der Waals surface area contributed by atoms with E-state index in [0.29, 0.717) is 0 Å². The summed E-state index contributed by atoms with van der Waals surface area (Å²) in [5, 5.41) is 38.7. The van der Waals surface area contributed by atoms with Crippen LogP contribution in [0.2, 0.25) is 0 Å². The molecule has 1 unspecified atom stereocenters. The van der Waals surface area contributed by atoms with Gasteiger partial charge in [-0.25, -0.2) is 9.18 Å². The van der Waals surface area contributed by atoms with Gasteiger partial charge in [-0.2, -0.15) is 0 Å². The van der Waals surface area contributed by atoms with Gasteiger partial charge in [0, 0.05) is 0 Å². The first kappa shape index (κ1) is 13.6. The number of hydrogen-bond donors (Lipinski definition) is 1. The molecular weight excluding hydrogens is 237 g/mol. The molecular formula is C4H4FN3O8. The molecule has 90 valence electrons. The fourth-order valence-corrected chi connectivity index (χ4v) is 0.751. The van der Waals surface area contributed by atoms with Gasteiger partial charge >= 0.3 is 11.8 Å². The Labute approximate surface area is 84.9 Å². The zero-order chi connectivity index (χ0) is 13.1. The summed E-state index contributed by atoms with van der Waals surface area (Å²) in [7, 11) is 0. The smallest absolute Gasteiger partial charge is 0.479 e. The molecule has 0 aliphatic carbocycles. The van der Waals surface area contributed by atoms with Crippen molar-refractivity contribution in [1.82, 2.24) is 0 Å². The fraction of sp³-hybridized carbons (Fsp3) is 0.750. The molecule has 0 aliphatic rings. The highest BCUT2D eigenvalue weighted by Gasteiger charge is 2.72. The van der Waals surface area contributed by atoms with Crippen molar-refractivity contribution in [2.45, 2.75) is 18.4 Å². The number of rotatable bonds is 6. The molecule has 0 aromatic carbocycles. The number of alkyl halides is 1. The van der Waals surface area contributed by atoms with Crippen LogP contribution in [-0.4, -0.2) is 37.8 Å². The maximum Gasteiger partial charge on any atom is 0.703 e. The zero-order valence-corrected chi connectivity index (χ0v) is 7.31. The van der Waals surface area contributed by atoms with Crippen molar-refractivity contribution < 1.29 is 29.1 Å². The van der Waals surface area contributed by atoms with Gasteiger partial charge in [-0.3, -0.25) is 30.3 Å². The van der Waals surface area contributed by atoms with Crippen molar-refractivity contribution in [2.24, 2.45) is 0 Å². The number of carboxylic acids is 1. The Balaban J connectivity index is 5.39. The third-order valence-electron chi connectivity index (χ3n) is 1.60. The van der Waals surface area contributed by atoms with Crippen LogP contribution in [0.5, 0.6) is 0 Å². The lowest BCUT2D eigenvalue weighted by Crippen LogP contribution is -2.55. The summed E-state index contributed by atoms with van der Waals surface area (Å²) in [4.78, 5) is 34.9. The van der Waals surface area contributed by atoms with Crippen LogP contribution < -0.4 is 0 Å². The van der Waals surface area contributed by atoms with Crippen LogP contribution in [0.15, 0.2) is 0 Å². The zero-order valence-electron chi connectivity index (χ0n) is 7.31. The summed E-state index contributed by atoms with van der Waals surface area (Å²) in [5.41, 5.74) is 0. The Bertz CT molecular complexity index is 319. The first-order valence-electron chi connectivity index (χ1n) is 3.46. The Morgan fingerprint density at radius 1 is 1.19 bits per heavy atom. The number of carboxylic acid groups (broad SMARTS) is 1. The lowest BCUT2D eigenvalue weighted by molar-refractivity contribution is -0.970. The highest BCUT2D eigenvalue weighted by Crippen LogP contribution is 2.21. The lowest BCUT2D eigenvalue weighted by atomic mass is 10.2. The molecule has 0 aliphatic heterocycles. The molecule has 1 atom stereocenters. The molecule has 0 radical (unpaired) electrons. The SMILES string of the molecule is O=C(O)C(F)CC([N+](=O)[O-])([N+](=O)[O-])[N+](=O)[O-]. The minimum Gasteiger partial charge on any atom is -0.479 e. The van der Waals surface area contributed by atoms with Crippen molar-refractivity contribution in [2.75, 3.05) is 0 Å². The highest BCUT2D eigenvalue weighted by molar-refractivity contribution is 5.72. The Kier molecular flexibility index (Phi) is 3.75. The highest BCUT2D eigenvalue weighted by atomic mass is 19.1. The van der Waals surface area contributed by atoms with Crippen molar-refractivity contribution >= 4 is 5.97 Å². The number of halogens is 1. The van der Waals surface area contributed by atoms with Gasteiger partial charge in [0.2, 0.25) is 12.6 Å². The van der Waals surface area contributed by atoms with Crippen LogP contribution in [0, 0.1) is 30.3 Å². The number of nitro groups is 3. The predicted octanol–water partition coefficient (Wildman–Crippen LogP) is -0.717. The second-order valence-corrected chi connectivity index (χ2v) is 2.56. The molecule has 0 fully saturated rings. The standard InChI is InChI=1S/C4H4FN3O8/c5-2(3(9)10)1-4(6(11)12,7(13)14)8(15)16/h2H,1H2,(H,9,10). The van der Waals surface area contributed by atoms with Crippen LogP contribution in [0.3, 0.4) is 0 Å². The van der Waals surface area contributed by atoms with E-state index in [4.69, 9.17) is 5.11 Å². The van der Waals surface area contributed by atoms with Crippen molar-refractivity contribution in [3.8, 4) is 0 Å². The van der Waals surface area contributed by atoms with E-state index >= 15 is 0 Å². The summed E-state index contributed by atoms with van der Waals surface area (Å²) in [5.74, 6) is -6.34. The fourth-order valence-electron chi connectivity index (χ4n) is 0.751. The Morgan fingerprint density at radius 2 is 1.50 bits per heavy atom. The van der Waals surface area contributed by atoms with Gasteiger partial charge in [0.1, 0.15) is 0 Å². The summed E-state index contributed by atoms with van der Waals surface area (Å²) >= 11 is 0.